The molecule has 2 amide bonds. The van der Waals surface area contributed by atoms with Gasteiger partial charge in [0.2, 0.25) is 0 Å². The molecular formula is C27H26ClN5O3. The van der Waals surface area contributed by atoms with E-state index >= 15 is 0 Å². The summed E-state index contributed by atoms with van der Waals surface area (Å²) in [5, 5.41) is 10.1. The van der Waals surface area contributed by atoms with Crippen LogP contribution in [0.15, 0.2) is 47.5 Å². The smallest absolute Gasteiger partial charge is 0.410 e. The number of benzene rings is 2. The molecule has 0 spiro atoms. The number of piperazine rings is 1. The van der Waals surface area contributed by atoms with Crippen LogP contribution in [-0.4, -0.2) is 65.8 Å². The highest BCUT2D eigenvalue weighted by Crippen LogP contribution is 2.39. The Kier molecular flexibility index (Phi) is 7.51. The normalized spacial score (nSPS) is 15.4. The lowest BCUT2D eigenvalue weighted by Crippen LogP contribution is -2.55. The molecule has 2 aromatic carbocycles. The van der Waals surface area contributed by atoms with Crippen molar-refractivity contribution in [1.29, 1.82) is 5.26 Å². The second kappa shape index (κ2) is 10.8. The van der Waals surface area contributed by atoms with Crippen molar-refractivity contribution in [3.8, 4) is 17.3 Å². The van der Waals surface area contributed by atoms with E-state index in [-0.39, 0.29) is 18.0 Å². The molecular weight excluding hydrogens is 478 g/mol. The highest BCUT2D eigenvalue weighted by atomic mass is 35.5. The summed E-state index contributed by atoms with van der Waals surface area (Å²) >= 11 is 6.67. The molecule has 8 nitrogen and oxygen atoms in total. The number of ether oxygens (including phenoxy) is 1. The molecule has 3 aromatic rings. The number of rotatable bonds is 5. The molecule has 0 unspecified atom stereocenters. The van der Waals surface area contributed by atoms with Crippen LogP contribution in [-0.2, 0) is 4.74 Å². The number of hydrogen-bond acceptors (Lipinski definition) is 6. The molecule has 1 aliphatic heterocycles. The van der Waals surface area contributed by atoms with Crippen molar-refractivity contribution >= 4 is 46.9 Å². The van der Waals surface area contributed by atoms with E-state index in [2.05, 4.69) is 17.8 Å². The third-order valence-corrected chi connectivity index (χ3v) is 6.55. The van der Waals surface area contributed by atoms with E-state index in [4.69, 9.17) is 26.6 Å². The minimum atomic E-state index is -0.344. The molecule has 1 saturated heterocycles. The SMILES string of the molecule is C=Nc1c(-c2ccc(C#N)cc2)nc2cc(C(=O)N3CCN(C(=O)OCCC)[C@H](C)C3)ccc2c1Cl. The van der Waals surface area contributed by atoms with Crippen LogP contribution in [0.1, 0.15) is 36.2 Å². The van der Waals surface area contributed by atoms with Crippen molar-refractivity contribution in [3.63, 3.8) is 0 Å². The Balaban J connectivity index is 1.62. The van der Waals surface area contributed by atoms with Crippen LogP contribution in [0.2, 0.25) is 5.02 Å². The summed E-state index contributed by atoms with van der Waals surface area (Å²) < 4.78 is 5.26. The molecule has 0 aliphatic carbocycles. The maximum atomic E-state index is 13.3. The minimum absolute atomic E-state index is 0.144. The molecule has 9 heteroatoms. The summed E-state index contributed by atoms with van der Waals surface area (Å²) in [5.74, 6) is -0.144. The summed E-state index contributed by atoms with van der Waals surface area (Å²) in [6.45, 7) is 9.09. The summed E-state index contributed by atoms with van der Waals surface area (Å²) in [6, 6.07) is 14.1. The van der Waals surface area contributed by atoms with Crippen molar-refractivity contribution in [3.05, 3.63) is 58.6 Å². The first-order chi connectivity index (χ1) is 17.4. The van der Waals surface area contributed by atoms with Crippen LogP contribution in [0, 0.1) is 11.3 Å². The van der Waals surface area contributed by atoms with Crippen LogP contribution in [0.25, 0.3) is 22.2 Å². The van der Waals surface area contributed by atoms with Gasteiger partial charge < -0.3 is 14.5 Å². The van der Waals surface area contributed by atoms with Crippen LogP contribution in [0.5, 0.6) is 0 Å². The molecule has 4 rings (SSSR count). The van der Waals surface area contributed by atoms with Gasteiger partial charge >= 0.3 is 6.09 Å². The topological polar surface area (TPSA) is 98.9 Å². The maximum absolute atomic E-state index is 13.3. The maximum Gasteiger partial charge on any atom is 0.410 e. The molecule has 0 radical (unpaired) electrons. The van der Waals surface area contributed by atoms with E-state index in [0.29, 0.717) is 64.7 Å². The lowest BCUT2D eigenvalue weighted by molar-refractivity contribution is 0.0412. The standard InChI is InChI=1S/C27H26ClN5O3/c1-4-13-36-27(35)33-12-11-32(16-17(33)2)26(34)20-9-10-21-22(14-20)31-24(25(30-3)23(21)28)19-7-5-18(15-29)6-8-19/h5-10,14,17H,3-4,11-13,16H2,1-2H3/t17-/m1/s1. The predicted molar refractivity (Wildman–Crippen MR) is 140 cm³/mol. The molecule has 1 fully saturated rings. The number of carbonyl (C=O) groups excluding carboxylic acids is 2. The average Bonchev–Trinajstić information content (AvgIpc) is 2.90. The van der Waals surface area contributed by atoms with Gasteiger partial charge in [0.05, 0.1) is 34.5 Å². The summed E-state index contributed by atoms with van der Waals surface area (Å²) in [6.07, 6.45) is 0.415. The first-order valence-electron chi connectivity index (χ1n) is 11.7. The molecule has 1 atom stereocenters. The fourth-order valence-electron chi connectivity index (χ4n) is 4.26. The third-order valence-electron chi connectivity index (χ3n) is 6.17. The van der Waals surface area contributed by atoms with Gasteiger partial charge in [-0.2, -0.15) is 5.26 Å². The third kappa shape index (κ3) is 4.88. The zero-order valence-electron chi connectivity index (χ0n) is 20.2. The number of carbonyl (C=O) groups is 2. The number of aliphatic imine (C=N–C) groups is 1. The predicted octanol–water partition coefficient (Wildman–Crippen LogP) is 5.45. The Bertz CT molecular complexity index is 1370. The van der Waals surface area contributed by atoms with Gasteiger partial charge in [-0.3, -0.25) is 9.79 Å². The van der Waals surface area contributed by atoms with Gasteiger partial charge in [0, 0.05) is 42.2 Å². The second-order valence-corrected chi connectivity index (χ2v) is 8.99. The van der Waals surface area contributed by atoms with Crippen LogP contribution < -0.4 is 0 Å². The number of amides is 2. The van der Waals surface area contributed by atoms with E-state index in [1.807, 2.05) is 13.8 Å². The molecule has 184 valence electrons. The highest BCUT2D eigenvalue weighted by molar-refractivity contribution is 6.38. The van der Waals surface area contributed by atoms with E-state index in [9.17, 15) is 9.59 Å². The number of fused-ring (bicyclic) bond motifs is 1. The Morgan fingerprint density at radius 2 is 2.00 bits per heavy atom. The van der Waals surface area contributed by atoms with Gasteiger partial charge in [0.1, 0.15) is 5.69 Å². The lowest BCUT2D eigenvalue weighted by atomic mass is 10.0. The van der Waals surface area contributed by atoms with Gasteiger partial charge in [0.25, 0.3) is 5.91 Å². The Labute approximate surface area is 214 Å². The zero-order valence-corrected chi connectivity index (χ0v) is 21.0. The average molecular weight is 504 g/mol. The molecule has 0 bridgehead atoms. The fourth-order valence-corrected chi connectivity index (χ4v) is 4.57. The monoisotopic (exact) mass is 503 g/mol. The van der Waals surface area contributed by atoms with E-state index < -0.39 is 0 Å². The first-order valence-corrected chi connectivity index (χ1v) is 12.1. The second-order valence-electron chi connectivity index (χ2n) is 8.61. The van der Waals surface area contributed by atoms with E-state index in [1.165, 1.54) is 0 Å². The number of nitriles is 1. The molecule has 0 saturated carbocycles. The number of nitrogens with zero attached hydrogens (tertiary/aromatic N) is 5. The van der Waals surface area contributed by atoms with Gasteiger partial charge in [-0.15, -0.1) is 0 Å². The van der Waals surface area contributed by atoms with Gasteiger partial charge in [-0.05, 0) is 44.3 Å². The van der Waals surface area contributed by atoms with E-state index in [0.717, 1.165) is 12.0 Å². The van der Waals surface area contributed by atoms with Crippen molar-refractivity contribution < 1.29 is 14.3 Å². The van der Waals surface area contributed by atoms with Crippen molar-refractivity contribution in [2.75, 3.05) is 26.2 Å². The van der Waals surface area contributed by atoms with Gasteiger partial charge in [-0.1, -0.05) is 36.7 Å². The summed E-state index contributed by atoms with van der Waals surface area (Å²) in [4.78, 5) is 37.9. The van der Waals surface area contributed by atoms with Gasteiger partial charge in [0.15, 0.2) is 0 Å². The molecule has 1 aliphatic rings. The quantitative estimate of drug-likeness (QED) is 0.431. The number of hydrogen-bond donors (Lipinski definition) is 0. The number of halogens is 1. The van der Waals surface area contributed by atoms with Crippen LogP contribution in [0.4, 0.5) is 10.5 Å². The van der Waals surface area contributed by atoms with Crippen LogP contribution >= 0.6 is 11.6 Å². The first kappa shape index (κ1) is 25.1. The highest BCUT2D eigenvalue weighted by Gasteiger charge is 2.31. The van der Waals surface area contributed by atoms with E-state index in [1.54, 1.807) is 52.3 Å². The minimum Gasteiger partial charge on any atom is -0.449 e. The molecule has 2 heterocycles. The zero-order chi connectivity index (χ0) is 25.8. The fraction of sp³-hybridized carbons (Fsp3) is 0.296. The molecule has 1 aromatic heterocycles. The summed E-state index contributed by atoms with van der Waals surface area (Å²) in [5.41, 5.74) is 3.24. The molecule has 36 heavy (non-hydrogen) atoms. The molecule has 0 N–H and O–H groups in total. The van der Waals surface area contributed by atoms with Crippen molar-refractivity contribution in [2.45, 2.75) is 26.3 Å². The summed E-state index contributed by atoms with van der Waals surface area (Å²) in [7, 11) is 0. The largest absolute Gasteiger partial charge is 0.449 e. The van der Waals surface area contributed by atoms with Crippen molar-refractivity contribution in [2.24, 2.45) is 4.99 Å². The Morgan fingerprint density at radius 3 is 2.64 bits per heavy atom. The van der Waals surface area contributed by atoms with Crippen LogP contribution in [0.3, 0.4) is 0 Å². The van der Waals surface area contributed by atoms with Gasteiger partial charge in [-0.25, -0.2) is 9.78 Å². The lowest BCUT2D eigenvalue weighted by Gasteiger charge is -2.39. The number of aromatic nitrogens is 1. The Hall–Kier alpha value is -3.96. The number of pyridine rings is 1. The van der Waals surface area contributed by atoms with Crippen molar-refractivity contribution in [1.82, 2.24) is 14.8 Å². The Morgan fingerprint density at radius 1 is 1.25 bits per heavy atom.